The summed E-state index contributed by atoms with van der Waals surface area (Å²) < 4.78 is 0. The van der Waals surface area contributed by atoms with Gasteiger partial charge in [-0.3, -0.25) is 14.8 Å². The number of rotatable bonds is 0. The lowest BCUT2D eigenvalue weighted by Gasteiger charge is -1.99. The van der Waals surface area contributed by atoms with E-state index in [0.29, 0.717) is 0 Å². The van der Waals surface area contributed by atoms with Crippen LogP contribution in [0.3, 0.4) is 0 Å². The molecular weight excluding hydrogens is 226 g/mol. The fraction of sp³-hybridized carbons (Fsp3) is 0.214. The molecule has 2 heterocycles. The number of pyridine rings is 1. The van der Waals surface area contributed by atoms with Crippen molar-refractivity contribution in [3.8, 4) is 0 Å². The Kier molecular flexibility index (Phi) is 5.18. The molecule has 0 aliphatic heterocycles. The highest BCUT2D eigenvalue weighted by Crippen LogP contribution is 2.16. The van der Waals surface area contributed by atoms with E-state index in [1.54, 1.807) is 18.5 Å². The largest absolute Gasteiger partial charge is 0.322 e. The zero-order valence-corrected chi connectivity index (χ0v) is 7.77. The number of fused-ring (bicyclic) bond motifs is 2. The minimum atomic E-state index is -0.106. The van der Waals surface area contributed by atoms with Crippen LogP contribution in [0, 0.1) is 0 Å². The van der Waals surface area contributed by atoms with Gasteiger partial charge in [-0.15, -0.1) is 0 Å². The Hall–Kier alpha value is -2.23. The van der Waals surface area contributed by atoms with Gasteiger partial charge in [-0.05, 0) is 18.2 Å². The van der Waals surface area contributed by atoms with Gasteiger partial charge in [0.2, 0.25) is 5.56 Å². The van der Waals surface area contributed by atoms with Crippen LogP contribution in [0.2, 0.25) is 0 Å². The second kappa shape index (κ2) is 5.91. The fourth-order valence-corrected chi connectivity index (χ4v) is 1.61. The van der Waals surface area contributed by atoms with E-state index in [-0.39, 0.29) is 27.8 Å². The molecule has 0 saturated carbocycles. The molecule has 3 rings (SSSR count). The van der Waals surface area contributed by atoms with Crippen LogP contribution >= 0.6 is 0 Å². The van der Waals surface area contributed by atoms with E-state index in [1.165, 1.54) is 6.07 Å². The molecule has 2 aromatic heterocycles. The molecule has 0 radical (unpaired) electrons. The van der Waals surface area contributed by atoms with E-state index in [9.17, 15) is 4.79 Å². The number of aromatic amines is 1. The molecule has 4 nitrogen and oxygen atoms in total. The molecule has 18 heavy (non-hydrogen) atoms. The normalized spacial score (nSPS) is 9.11. The molecule has 0 amide bonds. The quantitative estimate of drug-likeness (QED) is 0.618. The van der Waals surface area contributed by atoms with Gasteiger partial charge in [-0.2, -0.15) is 0 Å². The summed E-state index contributed by atoms with van der Waals surface area (Å²) in [5, 5.41) is 0.961. The maximum absolute atomic E-state index is 11.1. The van der Waals surface area contributed by atoms with Crippen LogP contribution < -0.4 is 5.56 Å². The highest BCUT2D eigenvalue weighted by molar-refractivity contribution is 5.92. The van der Waals surface area contributed by atoms with Crippen molar-refractivity contribution in [1.29, 1.82) is 0 Å². The van der Waals surface area contributed by atoms with Crippen LogP contribution in [0.5, 0.6) is 0 Å². The molecule has 1 N–H and O–H groups in total. The lowest BCUT2D eigenvalue weighted by Crippen LogP contribution is -2.02. The Morgan fingerprint density at radius 2 is 1.50 bits per heavy atom. The topological polar surface area (TPSA) is 58.6 Å². The average Bonchev–Trinajstić information content (AvgIpc) is 2.26. The summed E-state index contributed by atoms with van der Waals surface area (Å²) in [6.45, 7) is 0. The Morgan fingerprint density at radius 3 is 2.17 bits per heavy atom. The molecule has 1 aromatic carbocycles. The molecular formula is C14H19N3O. The van der Waals surface area contributed by atoms with Crippen molar-refractivity contribution in [1.82, 2.24) is 15.0 Å². The predicted octanol–water partition coefficient (Wildman–Crippen LogP) is 3.38. The summed E-state index contributed by atoms with van der Waals surface area (Å²) in [6.07, 6.45) is 3.29. The van der Waals surface area contributed by atoms with Gasteiger partial charge in [0.1, 0.15) is 0 Å². The van der Waals surface area contributed by atoms with E-state index >= 15 is 0 Å². The van der Waals surface area contributed by atoms with Crippen molar-refractivity contribution in [2.75, 3.05) is 0 Å². The lowest BCUT2D eigenvalue weighted by molar-refractivity contribution is 1.28. The summed E-state index contributed by atoms with van der Waals surface area (Å²) in [4.78, 5) is 22.3. The van der Waals surface area contributed by atoms with Crippen molar-refractivity contribution in [3.63, 3.8) is 0 Å². The third-order valence-corrected chi connectivity index (χ3v) is 2.31. The number of hydrogen-bond acceptors (Lipinski definition) is 3. The summed E-state index contributed by atoms with van der Waals surface area (Å²) in [5.74, 6) is 0. The number of H-pyrrole nitrogens is 1. The monoisotopic (exact) mass is 245 g/mol. The van der Waals surface area contributed by atoms with Gasteiger partial charge in [-0.1, -0.05) is 22.3 Å². The number of aromatic nitrogens is 3. The van der Waals surface area contributed by atoms with Crippen molar-refractivity contribution in [2.45, 2.75) is 22.3 Å². The van der Waals surface area contributed by atoms with Crippen molar-refractivity contribution in [3.05, 3.63) is 47.0 Å². The zero-order chi connectivity index (χ0) is 10.3. The third-order valence-electron chi connectivity index (χ3n) is 2.31. The van der Waals surface area contributed by atoms with E-state index in [1.807, 2.05) is 12.1 Å². The molecule has 0 atom stereocenters. The Morgan fingerprint density at radius 1 is 0.889 bits per heavy atom. The molecule has 0 fully saturated rings. The summed E-state index contributed by atoms with van der Waals surface area (Å²) in [7, 11) is 0. The standard InChI is InChI=1S/C11H7N3O.3CH4/c15-11-2-1-7-5-9-10(6-8(7)14-11)13-4-3-12-9;;;/h1-6H,(H,14,15);3*1H4. The van der Waals surface area contributed by atoms with Gasteiger partial charge < -0.3 is 4.98 Å². The highest BCUT2D eigenvalue weighted by Gasteiger charge is 1.99. The Labute approximate surface area is 107 Å². The second-order valence-electron chi connectivity index (χ2n) is 3.31. The second-order valence-corrected chi connectivity index (χ2v) is 3.31. The molecule has 0 aliphatic rings. The molecule has 0 aliphatic carbocycles. The highest BCUT2D eigenvalue weighted by atomic mass is 16.1. The van der Waals surface area contributed by atoms with Crippen LogP contribution in [0.1, 0.15) is 22.3 Å². The van der Waals surface area contributed by atoms with Gasteiger partial charge in [0.05, 0.1) is 16.6 Å². The number of hydrogen-bond donors (Lipinski definition) is 1. The molecule has 0 bridgehead atoms. The maximum Gasteiger partial charge on any atom is 0.248 e. The van der Waals surface area contributed by atoms with Crippen LogP contribution in [0.25, 0.3) is 21.9 Å². The SMILES string of the molecule is C.C.C.O=c1ccc2cc3nccnc3cc2[nH]1. The predicted molar refractivity (Wildman–Crippen MR) is 77.9 cm³/mol. The molecule has 4 heteroatoms. The smallest absolute Gasteiger partial charge is 0.248 e. The Balaban J connectivity index is 0.000000963. The minimum Gasteiger partial charge on any atom is -0.322 e. The van der Waals surface area contributed by atoms with Gasteiger partial charge >= 0.3 is 0 Å². The first-order chi connectivity index (χ1) is 7.33. The van der Waals surface area contributed by atoms with Crippen LogP contribution in [-0.4, -0.2) is 15.0 Å². The van der Waals surface area contributed by atoms with E-state index in [4.69, 9.17) is 0 Å². The molecule has 0 saturated heterocycles. The number of nitrogens with zero attached hydrogens (tertiary/aromatic N) is 2. The number of nitrogens with one attached hydrogen (secondary N) is 1. The van der Waals surface area contributed by atoms with Crippen LogP contribution in [-0.2, 0) is 0 Å². The van der Waals surface area contributed by atoms with Crippen molar-refractivity contribution in [2.24, 2.45) is 0 Å². The number of benzene rings is 1. The van der Waals surface area contributed by atoms with E-state index in [2.05, 4.69) is 15.0 Å². The van der Waals surface area contributed by atoms with Gasteiger partial charge in [0, 0.05) is 23.8 Å². The van der Waals surface area contributed by atoms with Crippen LogP contribution in [0.15, 0.2) is 41.5 Å². The summed E-state index contributed by atoms with van der Waals surface area (Å²) in [6, 6.07) is 7.03. The summed E-state index contributed by atoms with van der Waals surface area (Å²) >= 11 is 0. The first-order valence-corrected chi connectivity index (χ1v) is 4.57. The van der Waals surface area contributed by atoms with Crippen molar-refractivity contribution < 1.29 is 0 Å². The third kappa shape index (κ3) is 2.53. The maximum atomic E-state index is 11.1. The molecule has 3 aromatic rings. The first-order valence-electron chi connectivity index (χ1n) is 4.57. The molecule has 0 unspecified atom stereocenters. The first kappa shape index (κ1) is 15.8. The zero-order valence-electron chi connectivity index (χ0n) is 7.77. The van der Waals surface area contributed by atoms with E-state index in [0.717, 1.165) is 21.9 Å². The van der Waals surface area contributed by atoms with Gasteiger partial charge in [0.25, 0.3) is 0 Å². The van der Waals surface area contributed by atoms with Gasteiger partial charge in [-0.25, -0.2) is 0 Å². The van der Waals surface area contributed by atoms with E-state index < -0.39 is 0 Å². The summed E-state index contributed by atoms with van der Waals surface area (Å²) in [5.41, 5.74) is 2.30. The average molecular weight is 245 g/mol. The Bertz CT molecular complexity index is 704. The van der Waals surface area contributed by atoms with Crippen molar-refractivity contribution >= 4 is 21.9 Å². The lowest BCUT2D eigenvalue weighted by atomic mass is 10.2. The molecule has 0 spiro atoms. The molecule has 96 valence electrons. The fourth-order valence-electron chi connectivity index (χ4n) is 1.61. The van der Waals surface area contributed by atoms with Crippen LogP contribution in [0.4, 0.5) is 0 Å². The van der Waals surface area contributed by atoms with Gasteiger partial charge in [0.15, 0.2) is 0 Å². The minimum absolute atomic E-state index is 0.